The normalized spacial score (nSPS) is 19.6. The summed E-state index contributed by atoms with van der Waals surface area (Å²) in [5.41, 5.74) is -0.0155. The number of urea groups is 1. The van der Waals surface area contributed by atoms with Gasteiger partial charge in [-0.05, 0) is 30.2 Å². The van der Waals surface area contributed by atoms with E-state index in [2.05, 4.69) is 4.98 Å². The van der Waals surface area contributed by atoms with E-state index in [1.54, 1.807) is 15.9 Å². The third-order valence-corrected chi connectivity index (χ3v) is 4.97. The first-order valence-electron chi connectivity index (χ1n) is 8.75. The molecular weight excluding hydrogens is 359 g/mol. The van der Waals surface area contributed by atoms with E-state index in [0.717, 1.165) is 6.20 Å². The first-order chi connectivity index (χ1) is 12.9. The molecule has 3 heterocycles. The highest BCUT2D eigenvalue weighted by Crippen LogP contribution is 2.38. The molecule has 1 aromatic carbocycles. The Morgan fingerprint density at radius 1 is 1.15 bits per heavy atom. The van der Waals surface area contributed by atoms with Gasteiger partial charge in [0.05, 0.1) is 12.2 Å². The smallest absolute Gasteiger partial charge is 0.433 e. The molecule has 1 saturated heterocycles. The van der Waals surface area contributed by atoms with E-state index in [1.165, 1.54) is 12.1 Å². The summed E-state index contributed by atoms with van der Waals surface area (Å²) in [5, 5.41) is 0. The summed E-state index contributed by atoms with van der Waals surface area (Å²) in [5.74, 6) is 0.259. The van der Waals surface area contributed by atoms with Crippen molar-refractivity contribution in [1.29, 1.82) is 0 Å². The van der Waals surface area contributed by atoms with Crippen molar-refractivity contribution in [2.24, 2.45) is 0 Å². The van der Waals surface area contributed by atoms with Crippen LogP contribution in [0, 0.1) is 0 Å². The summed E-state index contributed by atoms with van der Waals surface area (Å²) in [6.45, 7) is 1.46. The number of aromatic nitrogens is 1. The summed E-state index contributed by atoms with van der Waals surface area (Å²) < 4.78 is 45.3. The van der Waals surface area contributed by atoms with Gasteiger partial charge in [0.15, 0.2) is 0 Å². The van der Waals surface area contributed by atoms with Crippen molar-refractivity contribution in [2.45, 2.75) is 18.5 Å². The number of halogens is 3. The van der Waals surface area contributed by atoms with Crippen LogP contribution in [0.3, 0.4) is 0 Å². The molecule has 2 aliphatic rings. The fourth-order valence-electron chi connectivity index (χ4n) is 3.71. The SMILES string of the molecule is O=C(N1CCC(c2cccnc2C(F)(F)F)C1)N1CCOc2ccccc21. The average Bonchev–Trinajstić information content (AvgIpc) is 3.16. The van der Waals surface area contributed by atoms with Crippen LogP contribution in [0.1, 0.15) is 23.6 Å². The lowest BCUT2D eigenvalue weighted by atomic mass is 9.96. The molecule has 27 heavy (non-hydrogen) atoms. The number of alkyl halides is 3. The molecule has 1 aromatic heterocycles. The van der Waals surface area contributed by atoms with Crippen LogP contribution in [-0.2, 0) is 6.18 Å². The Bertz CT molecular complexity index is 856. The Balaban J connectivity index is 1.54. The van der Waals surface area contributed by atoms with Crippen molar-refractivity contribution < 1.29 is 22.7 Å². The molecule has 0 aliphatic carbocycles. The van der Waals surface area contributed by atoms with Gasteiger partial charge in [0.1, 0.15) is 18.1 Å². The van der Waals surface area contributed by atoms with Gasteiger partial charge in [-0.2, -0.15) is 13.2 Å². The minimum Gasteiger partial charge on any atom is -0.490 e. The van der Waals surface area contributed by atoms with Gasteiger partial charge >= 0.3 is 12.2 Å². The van der Waals surface area contributed by atoms with Gasteiger partial charge in [0, 0.05) is 25.2 Å². The molecule has 8 heteroatoms. The maximum atomic E-state index is 13.2. The number of hydrogen-bond donors (Lipinski definition) is 0. The van der Waals surface area contributed by atoms with E-state index >= 15 is 0 Å². The Kier molecular flexibility index (Phi) is 4.41. The molecule has 142 valence electrons. The molecular formula is C19H18F3N3O2. The van der Waals surface area contributed by atoms with Gasteiger partial charge < -0.3 is 9.64 Å². The second-order valence-corrected chi connectivity index (χ2v) is 6.62. The number of carbonyl (C=O) groups is 1. The lowest BCUT2D eigenvalue weighted by molar-refractivity contribution is -0.142. The molecule has 0 radical (unpaired) electrons. The summed E-state index contributed by atoms with van der Waals surface area (Å²) >= 11 is 0. The molecule has 2 aliphatic heterocycles. The first-order valence-corrected chi connectivity index (χ1v) is 8.75. The average molecular weight is 377 g/mol. The van der Waals surface area contributed by atoms with Gasteiger partial charge in [0.25, 0.3) is 0 Å². The minimum atomic E-state index is -4.50. The molecule has 1 atom stereocenters. The Morgan fingerprint density at radius 3 is 2.78 bits per heavy atom. The number of carbonyl (C=O) groups excluding carboxylic acids is 1. The predicted octanol–water partition coefficient (Wildman–Crippen LogP) is 3.91. The highest BCUT2D eigenvalue weighted by Gasteiger charge is 2.40. The number of rotatable bonds is 1. The summed E-state index contributed by atoms with van der Waals surface area (Å²) in [7, 11) is 0. The maximum absolute atomic E-state index is 13.2. The lowest BCUT2D eigenvalue weighted by Gasteiger charge is -2.32. The molecule has 0 spiro atoms. The highest BCUT2D eigenvalue weighted by molar-refractivity contribution is 5.94. The Morgan fingerprint density at radius 2 is 1.96 bits per heavy atom. The maximum Gasteiger partial charge on any atom is 0.433 e. The number of likely N-dealkylation sites (tertiary alicyclic amines) is 1. The summed E-state index contributed by atoms with van der Waals surface area (Å²) in [6.07, 6.45) is -2.88. The van der Waals surface area contributed by atoms with Gasteiger partial charge in [-0.25, -0.2) is 4.79 Å². The number of ether oxygens (including phenoxy) is 1. The Labute approximate surface area is 154 Å². The van der Waals surface area contributed by atoms with Crippen molar-refractivity contribution in [3.8, 4) is 5.75 Å². The Hall–Kier alpha value is -2.77. The molecule has 2 aromatic rings. The van der Waals surface area contributed by atoms with Crippen LogP contribution in [0.4, 0.5) is 23.7 Å². The van der Waals surface area contributed by atoms with Crippen LogP contribution in [0.25, 0.3) is 0 Å². The van der Waals surface area contributed by atoms with Crippen LogP contribution < -0.4 is 9.64 Å². The molecule has 2 amide bonds. The lowest BCUT2D eigenvalue weighted by Crippen LogP contribution is -2.45. The van der Waals surface area contributed by atoms with E-state index < -0.39 is 11.9 Å². The number of amides is 2. The van der Waals surface area contributed by atoms with Crippen molar-refractivity contribution in [3.05, 3.63) is 53.9 Å². The number of pyridine rings is 1. The standard InChI is InChI=1S/C19H18F3N3O2/c20-19(21,22)17-14(4-3-8-23-17)13-7-9-24(12-13)18(26)25-10-11-27-16-6-2-1-5-15(16)25/h1-6,8,13H,7,9-12H2. The van der Waals surface area contributed by atoms with Crippen LogP contribution in [0.15, 0.2) is 42.6 Å². The monoisotopic (exact) mass is 377 g/mol. The van der Waals surface area contributed by atoms with Crippen LogP contribution in [-0.4, -0.2) is 42.2 Å². The van der Waals surface area contributed by atoms with Gasteiger partial charge in [-0.15, -0.1) is 0 Å². The fourth-order valence-corrected chi connectivity index (χ4v) is 3.71. The summed E-state index contributed by atoms with van der Waals surface area (Å²) in [6, 6.07) is 10.0. The van der Waals surface area contributed by atoms with Gasteiger partial charge in [0.2, 0.25) is 0 Å². The van der Waals surface area contributed by atoms with Crippen LogP contribution in [0.2, 0.25) is 0 Å². The second kappa shape index (κ2) is 6.75. The van der Waals surface area contributed by atoms with E-state index in [1.807, 2.05) is 18.2 Å². The van der Waals surface area contributed by atoms with Crippen molar-refractivity contribution in [2.75, 3.05) is 31.1 Å². The number of anilines is 1. The van der Waals surface area contributed by atoms with Crippen LogP contribution >= 0.6 is 0 Å². The van der Waals surface area contributed by atoms with Gasteiger partial charge in [-0.1, -0.05) is 18.2 Å². The molecule has 1 fully saturated rings. The van der Waals surface area contributed by atoms with Gasteiger partial charge in [-0.3, -0.25) is 9.88 Å². The molecule has 4 rings (SSSR count). The molecule has 1 unspecified atom stereocenters. The van der Waals surface area contributed by atoms with Crippen molar-refractivity contribution >= 4 is 11.7 Å². The number of nitrogens with zero attached hydrogens (tertiary/aromatic N) is 3. The van der Waals surface area contributed by atoms with Crippen molar-refractivity contribution in [3.63, 3.8) is 0 Å². The minimum absolute atomic E-state index is 0.155. The quantitative estimate of drug-likeness (QED) is 0.757. The highest BCUT2D eigenvalue weighted by atomic mass is 19.4. The zero-order valence-corrected chi connectivity index (χ0v) is 14.4. The predicted molar refractivity (Wildman–Crippen MR) is 92.8 cm³/mol. The second-order valence-electron chi connectivity index (χ2n) is 6.62. The number of para-hydroxylation sites is 2. The molecule has 0 N–H and O–H groups in total. The zero-order chi connectivity index (χ0) is 19.0. The zero-order valence-electron chi connectivity index (χ0n) is 14.4. The number of benzene rings is 1. The molecule has 0 saturated carbocycles. The number of fused-ring (bicyclic) bond motifs is 1. The van der Waals surface area contributed by atoms with Crippen molar-refractivity contribution in [1.82, 2.24) is 9.88 Å². The largest absolute Gasteiger partial charge is 0.490 e. The topological polar surface area (TPSA) is 45.7 Å². The number of hydrogen-bond acceptors (Lipinski definition) is 3. The van der Waals surface area contributed by atoms with E-state index in [9.17, 15) is 18.0 Å². The van der Waals surface area contributed by atoms with Crippen LogP contribution in [0.5, 0.6) is 5.75 Å². The third-order valence-electron chi connectivity index (χ3n) is 4.97. The summed E-state index contributed by atoms with van der Waals surface area (Å²) in [4.78, 5) is 19.8. The molecule has 5 nitrogen and oxygen atoms in total. The first kappa shape index (κ1) is 17.6. The van der Waals surface area contributed by atoms with E-state index in [-0.39, 0.29) is 24.1 Å². The molecule has 0 bridgehead atoms. The fraction of sp³-hybridized carbons (Fsp3) is 0.368. The van der Waals surface area contributed by atoms with E-state index in [4.69, 9.17) is 4.74 Å². The van der Waals surface area contributed by atoms with E-state index in [0.29, 0.717) is 37.6 Å². The third kappa shape index (κ3) is 3.31.